The van der Waals surface area contributed by atoms with E-state index < -0.39 is 0 Å². The Hall–Kier alpha value is -1.46. The third-order valence-corrected chi connectivity index (χ3v) is 5.17. The van der Waals surface area contributed by atoms with Gasteiger partial charge in [0.25, 0.3) is 0 Å². The van der Waals surface area contributed by atoms with E-state index in [9.17, 15) is 0 Å². The molecule has 22 heavy (non-hydrogen) atoms. The third-order valence-electron chi connectivity index (χ3n) is 4.91. The summed E-state index contributed by atoms with van der Waals surface area (Å²) < 4.78 is 1.85. The molecule has 3 rings (SSSR count). The molecular formula is C16H22ClN5. The molecule has 118 valence electrons. The van der Waals surface area contributed by atoms with Crippen molar-refractivity contribution in [3.63, 3.8) is 0 Å². The third kappa shape index (κ3) is 2.63. The maximum atomic E-state index is 5.99. The van der Waals surface area contributed by atoms with Gasteiger partial charge in [0.05, 0.1) is 11.2 Å². The van der Waals surface area contributed by atoms with Crippen LogP contribution >= 0.6 is 11.6 Å². The van der Waals surface area contributed by atoms with E-state index in [4.69, 9.17) is 11.6 Å². The molecule has 5 nitrogen and oxygen atoms in total. The highest BCUT2D eigenvalue weighted by Gasteiger charge is 2.42. The van der Waals surface area contributed by atoms with Crippen molar-refractivity contribution in [2.24, 2.45) is 5.92 Å². The fraction of sp³-hybridized carbons (Fsp3) is 0.562. The Kier molecular flexibility index (Phi) is 4.19. The Balaban J connectivity index is 2.03. The van der Waals surface area contributed by atoms with Gasteiger partial charge >= 0.3 is 0 Å². The van der Waals surface area contributed by atoms with Crippen LogP contribution in [0.15, 0.2) is 24.3 Å². The maximum Gasteiger partial charge on any atom is 0.176 e. The highest BCUT2D eigenvalue weighted by Crippen LogP contribution is 2.42. The summed E-state index contributed by atoms with van der Waals surface area (Å²) in [6.45, 7) is 2.32. The Morgan fingerprint density at radius 1 is 1.18 bits per heavy atom. The maximum absolute atomic E-state index is 5.99. The summed E-state index contributed by atoms with van der Waals surface area (Å²) in [5.41, 5.74) is 0.847. The van der Waals surface area contributed by atoms with Crippen LogP contribution in [0.5, 0.6) is 0 Å². The first kappa shape index (κ1) is 15.4. The van der Waals surface area contributed by atoms with Crippen molar-refractivity contribution in [3.05, 3.63) is 35.1 Å². The number of rotatable bonds is 3. The van der Waals surface area contributed by atoms with Crippen LogP contribution in [0.4, 0.5) is 0 Å². The van der Waals surface area contributed by atoms with Gasteiger partial charge in [-0.15, -0.1) is 5.10 Å². The van der Waals surface area contributed by atoms with Gasteiger partial charge in [-0.05, 0) is 80.4 Å². The number of hydrogen-bond donors (Lipinski definition) is 0. The molecule has 1 aliphatic rings. The van der Waals surface area contributed by atoms with Crippen molar-refractivity contribution in [2.45, 2.75) is 38.1 Å². The van der Waals surface area contributed by atoms with Crippen LogP contribution < -0.4 is 0 Å². The van der Waals surface area contributed by atoms with Crippen LogP contribution in [0.2, 0.25) is 5.02 Å². The van der Waals surface area contributed by atoms with Crippen molar-refractivity contribution in [1.82, 2.24) is 25.1 Å². The zero-order chi connectivity index (χ0) is 15.7. The average molecular weight is 320 g/mol. The molecule has 0 N–H and O–H groups in total. The molecule has 1 aliphatic carbocycles. The molecule has 0 atom stereocenters. The molecule has 1 aromatic carbocycles. The second kappa shape index (κ2) is 5.97. The lowest BCUT2D eigenvalue weighted by Crippen LogP contribution is -2.46. The van der Waals surface area contributed by atoms with Crippen molar-refractivity contribution < 1.29 is 0 Å². The number of halogens is 1. The zero-order valence-corrected chi connectivity index (χ0v) is 14.1. The highest BCUT2D eigenvalue weighted by atomic mass is 35.5. The van der Waals surface area contributed by atoms with E-state index in [1.807, 2.05) is 28.9 Å². The molecule has 1 aromatic heterocycles. The summed E-state index contributed by atoms with van der Waals surface area (Å²) in [5, 5.41) is 13.3. The zero-order valence-electron chi connectivity index (χ0n) is 13.3. The minimum absolute atomic E-state index is 0.102. The number of tetrazole rings is 1. The first-order valence-corrected chi connectivity index (χ1v) is 8.13. The minimum Gasteiger partial charge on any atom is -0.297 e. The summed E-state index contributed by atoms with van der Waals surface area (Å²) in [7, 11) is 4.24. The van der Waals surface area contributed by atoms with Gasteiger partial charge in [-0.1, -0.05) is 18.5 Å². The van der Waals surface area contributed by atoms with E-state index in [-0.39, 0.29) is 5.54 Å². The molecule has 1 saturated carbocycles. The lowest BCUT2D eigenvalue weighted by molar-refractivity contribution is 0.0698. The fourth-order valence-corrected chi connectivity index (χ4v) is 3.47. The van der Waals surface area contributed by atoms with Crippen LogP contribution in [0, 0.1) is 5.92 Å². The Labute approximate surface area is 136 Å². The summed E-state index contributed by atoms with van der Waals surface area (Å²) in [4.78, 5) is 2.27. The van der Waals surface area contributed by atoms with Gasteiger partial charge in [0.15, 0.2) is 5.82 Å². The van der Waals surface area contributed by atoms with Crippen LogP contribution in [0.3, 0.4) is 0 Å². The molecule has 2 aromatic rings. The van der Waals surface area contributed by atoms with E-state index >= 15 is 0 Å². The van der Waals surface area contributed by atoms with Crippen molar-refractivity contribution in [1.29, 1.82) is 0 Å². The largest absolute Gasteiger partial charge is 0.297 e. The molecule has 0 spiro atoms. The van der Waals surface area contributed by atoms with E-state index in [0.717, 1.165) is 30.3 Å². The summed E-state index contributed by atoms with van der Waals surface area (Å²) >= 11 is 5.99. The number of benzene rings is 1. The molecule has 0 unspecified atom stereocenters. The second-order valence-electron chi connectivity index (χ2n) is 6.50. The standard InChI is InChI=1S/C16H22ClN5/c1-12-8-10-16(11-9-12,21(2)3)15-18-19-20-22(15)14-6-4-13(17)5-7-14/h4-7,12H,8-11H2,1-3H3. The van der Waals surface area contributed by atoms with Gasteiger partial charge < -0.3 is 0 Å². The Morgan fingerprint density at radius 2 is 1.82 bits per heavy atom. The Bertz CT molecular complexity index is 626. The van der Waals surface area contributed by atoms with E-state index in [1.54, 1.807) is 0 Å². The minimum atomic E-state index is -0.102. The first-order chi connectivity index (χ1) is 10.5. The molecular weight excluding hydrogens is 298 g/mol. The summed E-state index contributed by atoms with van der Waals surface area (Å²) in [6.07, 6.45) is 4.56. The number of nitrogens with zero attached hydrogens (tertiary/aromatic N) is 5. The first-order valence-electron chi connectivity index (χ1n) is 7.75. The molecule has 1 fully saturated rings. The van der Waals surface area contributed by atoms with E-state index in [1.165, 1.54) is 12.8 Å². The molecule has 0 amide bonds. The van der Waals surface area contributed by atoms with Crippen molar-refractivity contribution in [3.8, 4) is 5.69 Å². The van der Waals surface area contributed by atoms with Gasteiger partial charge in [0.1, 0.15) is 0 Å². The normalized spacial score (nSPS) is 25.6. The summed E-state index contributed by atoms with van der Waals surface area (Å²) in [5.74, 6) is 1.69. The number of hydrogen-bond acceptors (Lipinski definition) is 4. The van der Waals surface area contributed by atoms with Crippen LogP contribution in [-0.4, -0.2) is 39.2 Å². The van der Waals surface area contributed by atoms with Gasteiger partial charge in [-0.3, -0.25) is 4.90 Å². The molecule has 1 heterocycles. The van der Waals surface area contributed by atoms with Gasteiger partial charge in [0, 0.05) is 5.02 Å². The molecule has 6 heteroatoms. The molecule has 0 radical (unpaired) electrons. The smallest absolute Gasteiger partial charge is 0.176 e. The molecule has 0 aliphatic heterocycles. The van der Waals surface area contributed by atoms with Gasteiger partial charge in [0.2, 0.25) is 0 Å². The van der Waals surface area contributed by atoms with Crippen molar-refractivity contribution >= 4 is 11.6 Å². The van der Waals surface area contributed by atoms with E-state index in [2.05, 4.69) is 41.4 Å². The molecule has 0 bridgehead atoms. The van der Waals surface area contributed by atoms with Gasteiger partial charge in [-0.25, -0.2) is 0 Å². The predicted molar refractivity (Wildman–Crippen MR) is 87.2 cm³/mol. The monoisotopic (exact) mass is 319 g/mol. The van der Waals surface area contributed by atoms with Crippen LogP contribution in [0.1, 0.15) is 38.4 Å². The second-order valence-corrected chi connectivity index (χ2v) is 6.94. The topological polar surface area (TPSA) is 46.8 Å². The molecule has 0 saturated heterocycles. The fourth-order valence-electron chi connectivity index (χ4n) is 3.34. The van der Waals surface area contributed by atoms with Crippen LogP contribution in [-0.2, 0) is 5.54 Å². The quantitative estimate of drug-likeness (QED) is 0.871. The van der Waals surface area contributed by atoms with E-state index in [0.29, 0.717) is 5.02 Å². The van der Waals surface area contributed by atoms with Gasteiger partial charge in [-0.2, -0.15) is 4.68 Å². The SMILES string of the molecule is CC1CCC(c2nnnn2-c2ccc(Cl)cc2)(N(C)C)CC1. The highest BCUT2D eigenvalue weighted by molar-refractivity contribution is 6.30. The summed E-state index contributed by atoms with van der Waals surface area (Å²) in [6, 6.07) is 7.65. The predicted octanol–water partition coefficient (Wildman–Crippen LogP) is 3.28. The lowest BCUT2D eigenvalue weighted by Gasteiger charge is -2.43. The Morgan fingerprint density at radius 3 is 2.41 bits per heavy atom. The lowest BCUT2D eigenvalue weighted by atomic mass is 9.75. The van der Waals surface area contributed by atoms with Crippen LogP contribution in [0.25, 0.3) is 5.69 Å². The number of aromatic nitrogens is 4. The average Bonchev–Trinajstić information content (AvgIpc) is 2.99. The van der Waals surface area contributed by atoms with Crippen molar-refractivity contribution in [2.75, 3.05) is 14.1 Å².